The lowest BCUT2D eigenvalue weighted by molar-refractivity contribution is 0.0598. The number of pyridine rings is 1. The van der Waals surface area contributed by atoms with E-state index in [2.05, 4.69) is 4.74 Å². The molecule has 5 nitrogen and oxygen atoms in total. The summed E-state index contributed by atoms with van der Waals surface area (Å²) in [7, 11) is 1.20. The molecule has 0 radical (unpaired) electrons. The molecule has 0 spiro atoms. The third-order valence-electron chi connectivity index (χ3n) is 2.66. The Kier molecular flexibility index (Phi) is 3.83. The monoisotopic (exact) mass is 237 g/mol. The molecular weight excluding hydrogens is 222 g/mol. The number of carbonyl (C=O) groups is 2. The van der Waals surface area contributed by atoms with Crippen molar-refractivity contribution in [3.05, 3.63) is 33.2 Å². The molecule has 5 heteroatoms. The largest absolute Gasteiger partial charge is 0.465 e. The number of hydrogen-bond donors (Lipinski definition) is 0. The standard InChI is InChI=1S/C12H15NO4/c1-5-13-7(2)9(8(3)14)6-10(11(13)15)12(16)17-4/h6H,5H2,1-4H3. The van der Waals surface area contributed by atoms with E-state index >= 15 is 0 Å². The number of nitrogens with zero attached hydrogens (tertiary/aromatic N) is 1. The Morgan fingerprint density at radius 2 is 1.94 bits per heavy atom. The molecule has 0 aliphatic carbocycles. The molecule has 0 aromatic carbocycles. The van der Waals surface area contributed by atoms with Gasteiger partial charge in [0.1, 0.15) is 5.56 Å². The predicted octanol–water partition coefficient (Wildman–Crippen LogP) is 1.17. The Balaban J connectivity index is 3.64. The van der Waals surface area contributed by atoms with Crippen LogP contribution in [0, 0.1) is 6.92 Å². The maximum Gasteiger partial charge on any atom is 0.343 e. The van der Waals surface area contributed by atoms with Gasteiger partial charge >= 0.3 is 5.97 Å². The van der Waals surface area contributed by atoms with Gasteiger partial charge in [-0.15, -0.1) is 0 Å². The van der Waals surface area contributed by atoms with Crippen LogP contribution in [0.1, 0.15) is 40.3 Å². The van der Waals surface area contributed by atoms with E-state index in [1.807, 2.05) is 0 Å². The van der Waals surface area contributed by atoms with Crippen LogP contribution in [0.15, 0.2) is 10.9 Å². The highest BCUT2D eigenvalue weighted by atomic mass is 16.5. The Morgan fingerprint density at radius 1 is 1.35 bits per heavy atom. The quantitative estimate of drug-likeness (QED) is 0.584. The number of esters is 1. The molecule has 0 saturated carbocycles. The zero-order chi connectivity index (χ0) is 13.2. The van der Waals surface area contributed by atoms with Gasteiger partial charge in [-0.05, 0) is 26.8 Å². The summed E-state index contributed by atoms with van der Waals surface area (Å²) in [6.07, 6.45) is 0. The average molecular weight is 237 g/mol. The van der Waals surface area contributed by atoms with Crippen molar-refractivity contribution in [3.63, 3.8) is 0 Å². The van der Waals surface area contributed by atoms with Crippen molar-refractivity contribution in [3.8, 4) is 0 Å². The first-order valence-electron chi connectivity index (χ1n) is 5.27. The molecule has 1 aromatic rings. The summed E-state index contributed by atoms with van der Waals surface area (Å²) in [4.78, 5) is 34.8. The van der Waals surface area contributed by atoms with E-state index in [4.69, 9.17) is 0 Å². The van der Waals surface area contributed by atoms with Crippen LogP contribution in [-0.2, 0) is 11.3 Å². The number of rotatable bonds is 3. The van der Waals surface area contributed by atoms with E-state index in [9.17, 15) is 14.4 Å². The smallest absolute Gasteiger partial charge is 0.343 e. The maximum atomic E-state index is 11.9. The van der Waals surface area contributed by atoms with Crippen molar-refractivity contribution >= 4 is 11.8 Å². The third kappa shape index (κ3) is 2.27. The second kappa shape index (κ2) is 4.95. The number of carbonyl (C=O) groups excluding carboxylic acids is 2. The summed E-state index contributed by atoms with van der Waals surface area (Å²) in [6.45, 7) is 5.26. The van der Waals surface area contributed by atoms with Gasteiger partial charge in [-0.1, -0.05) is 0 Å². The zero-order valence-corrected chi connectivity index (χ0v) is 10.4. The second-order valence-electron chi connectivity index (χ2n) is 3.65. The van der Waals surface area contributed by atoms with Crippen LogP contribution in [-0.4, -0.2) is 23.4 Å². The molecule has 0 amide bonds. The predicted molar refractivity (Wildman–Crippen MR) is 62.5 cm³/mol. The highest BCUT2D eigenvalue weighted by Crippen LogP contribution is 2.10. The number of Topliss-reactive ketones (excluding diaryl/α,β-unsaturated/α-hetero) is 1. The molecule has 0 aliphatic rings. The molecule has 0 N–H and O–H groups in total. The first-order chi connectivity index (χ1) is 7.93. The number of methoxy groups -OCH3 is 1. The highest BCUT2D eigenvalue weighted by Gasteiger charge is 2.18. The summed E-state index contributed by atoms with van der Waals surface area (Å²) < 4.78 is 5.92. The van der Waals surface area contributed by atoms with Crippen LogP contribution in [0.4, 0.5) is 0 Å². The molecule has 92 valence electrons. The lowest BCUT2D eigenvalue weighted by Crippen LogP contribution is -2.30. The number of ether oxygens (including phenoxy) is 1. The lowest BCUT2D eigenvalue weighted by atomic mass is 10.1. The minimum absolute atomic E-state index is 0.106. The van der Waals surface area contributed by atoms with E-state index < -0.39 is 11.5 Å². The van der Waals surface area contributed by atoms with E-state index in [0.717, 1.165) is 0 Å². The Hall–Kier alpha value is -1.91. The zero-order valence-electron chi connectivity index (χ0n) is 10.4. The molecule has 1 rings (SSSR count). The van der Waals surface area contributed by atoms with Crippen molar-refractivity contribution in [2.45, 2.75) is 27.3 Å². The normalized spacial score (nSPS) is 10.1. The van der Waals surface area contributed by atoms with Crippen molar-refractivity contribution in [2.75, 3.05) is 7.11 Å². The van der Waals surface area contributed by atoms with E-state index in [-0.39, 0.29) is 11.3 Å². The molecule has 0 atom stereocenters. The van der Waals surface area contributed by atoms with Gasteiger partial charge in [-0.25, -0.2) is 4.79 Å². The first-order valence-corrected chi connectivity index (χ1v) is 5.27. The third-order valence-corrected chi connectivity index (χ3v) is 2.66. The van der Waals surface area contributed by atoms with Crippen molar-refractivity contribution in [2.24, 2.45) is 0 Å². The molecule has 17 heavy (non-hydrogen) atoms. The van der Waals surface area contributed by atoms with Crippen molar-refractivity contribution in [1.82, 2.24) is 4.57 Å². The minimum Gasteiger partial charge on any atom is -0.465 e. The van der Waals surface area contributed by atoms with Crippen LogP contribution < -0.4 is 5.56 Å². The van der Waals surface area contributed by atoms with Crippen LogP contribution in [0.5, 0.6) is 0 Å². The van der Waals surface area contributed by atoms with Crippen molar-refractivity contribution < 1.29 is 14.3 Å². The topological polar surface area (TPSA) is 65.4 Å². The van der Waals surface area contributed by atoms with Gasteiger partial charge in [0.05, 0.1) is 7.11 Å². The van der Waals surface area contributed by atoms with Crippen LogP contribution in [0.3, 0.4) is 0 Å². The number of aromatic nitrogens is 1. The Bertz CT molecular complexity index is 528. The number of hydrogen-bond acceptors (Lipinski definition) is 4. The van der Waals surface area contributed by atoms with Gasteiger partial charge in [0.2, 0.25) is 0 Å². The van der Waals surface area contributed by atoms with Gasteiger partial charge in [0, 0.05) is 17.8 Å². The van der Waals surface area contributed by atoms with Crippen LogP contribution in [0.2, 0.25) is 0 Å². The molecule has 0 saturated heterocycles. The van der Waals surface area contributed by atoms with E-state index in [1.54, 1.807) is 13.8 Å². The van der Waals surface area contributed by atoms with E-state index in [0.29, 0.717) is 17.8 Å². The molecule has 0 unspecified atom stereocenters. The summed E-state index contributed by atoms with van der Waals surface area (Å²) in [5.41, 5.74) is 0.400. The minimum atomic E-state index is -0.723. The summed E-state index contributed by atoms with van der Waals surface area (Å²) >= 11 is 0. The van der Waals surface area contributed by atoms with Crippen LogP contribution in [0.25, 0.3) is 0 Å². The SMILES string of the molecule is CCn1c(C)c(C(C)=O)cc(C(=O)OC)c1=O. The summed E-state index contributed by atoms with van der Waals surface area (Å²) in [5, 5.41) is 0. The van der Waals surface area contributed by atoms with Gasteiger partial charge in [-0.3, -0.25) is 9.59 Å². The fourth-order valence-electron chi connectivity index (χ4n) is 1.75. The van der Waals surface area contributed by atoms with Gasteiger partial charge in [0.15, 0.2) is 5.78 Å². The summed E-state index contributed by atoms with van der Waals surface area (Å²) in [5.74, 6) is -0.908. The highest BCUT2D eigenvalue weighted by molar-refractivity contribution is 5.98. The van der Waals surface area contributed by atoms with E-state index in [1.165, 1.54) is 24.7 Å². The maximum absolute atomic E-state index is 11.9. The first kappa shape index (κ1) is 13.2. The molecule has 0 fully saturated rings. The molecular formula is C12H15NO4. The fourth-order valence-corrected chi connectivity index (χ4v) is 1.75. The average Bonchev–Trinajstić information content (AvgIpc) is 2.28. The molecule has 1 heterocycles. The van der Waals surface area contributed by atoms with Gasteiger partial charge < -0.3 is 9.30 Å². The Morgan fingerprint density at radius 3 is 2.35 bits per heavy atom. The molecule has 1 aromatic heterocycles. The fraction of sp³-hybridized carbons (Fsp3) is 0.417. The second-order valence-corrected chi connectivity index (χ2v) is 3.65. The molecule has 0 aliphatic heterocycles. The van der Waals surface area contributed by atoms with Crippen molar-refractivity contribution in [1.29, 1.82) is 0 Å². The van der Waals surface area contributed by atoms with Gasteiger partial charge in [-0.2, -0.15) is 0 Å². The lowest BCUT2D eigenvalue weighted by Gasteiger charge is -2.12. The number of ketones is 1. The Labute approximate surface area is 99.0 Å². The van der Waals surface area contributed by atoms with Gasteiger partial charge in [0.25, 0.3) is 5.56 Å². The summed E-state index contributed by atoms with van der Waals surface area (Å²) in [6, 6.07) is 1.30. The molecule has 0 bridgehead atoms. The van der Waals surface area contributed by atoms with Crippen LogP contribution >= 0.6 is 0 Å².